The van der Waals surface area contributed by atoms with Crippen molar-refractivity contribution in [3.63, 3.8) is 0 Å². The lowest BCUT2D eigenvalue weighted by Gasteiger charge is -2.23. The number of anilines is 1. The van der Waals surface area contributed by atoms with Gasteiger partial charge >= 0.3 is 0 Å². The maximum Gasteiger partial charge on any atom is 0.259 e. The molecule has 0 bridgehead atoms. The van der Waals surface area contributed by atoms with E-state index in [1.807, 2.05) is 49.9 Å². The fraction of sp³-hybridized carbons (Fsp3) is 0.393. The lowest BCUT2D eigenvalue weighted by molar-refractivity contribution is 0.0714. The minimum Gasteiger partial charge on any atom is -0.384 e. The van der Waals surface area contributed by atoms with Crippen LogP contribution in [0.25, 0.3) is 17.0 Å². The molecule has 5 rings (SSSR count). The van der Waals surface area contributed by atoms with Gasteiger partial charge in [0, 0.05) is 36.3 Å². The number of aryl methyl sites for hydroxylation is 1. The number of carbonyl (C=O) groups is 1. The number of carbonyl (C=O) groups excluding carboxylic acids is 1. The van der Waals surface area contributed by atoms with Crippen molar-refractivity contribution in [2.45, 2.75) is 53.1 Å². The first-order chi connectivity index (χ1) is 16.9. The Bertz CT molecular complexity index is 1330. The Morgan fingerprint density at radius 3 is 2.80 bits per heavy atom. The predicted octanol–water partition coefficient (Wildman–Crippen LogP) is 5.53. The van der Waals surface area contributed by atoms with Crippen molar-refractivity contribution in [2.24, 2.45) is 5.92 Å². The number of nitrogens with one attached hydrogen (secondary N) is 2. The Labute approximate surface area is 211 Å². The van der Waals surface area contributed by atoms with E-state index in [-0.39, 0.29) is 23.4 Å². The van der Waals surface area contributed by atoms with Crippen LogP contribution in [0.3, 0.4) is 0 Å². The molecular weight excluding hydrogens is 460 g/mol. The smallest absolute Gasteiger partial charge is 0.259 e. The highest BCUT2D eigenvalue weighted by Crippen LogP contribution is 2.30. The Kier molecular flexibility index (Phi) is 7.60. The molecule has 1 amide bonds. The highest BCUT2D eigenvalue weighted by Gasteiger charge is 2.30. The van der Waals surface area contributed by atoms with Crippen molar-refractivity contribution in [3.05, 3.63) is 74.8 Å². The molecule has 2 heterocycles. The van der Waals surface area contributed by atoms with E-state index in [4.69, 9.17) is 11.6 Å². The highest BCUT2D eigenvalue weighted by atomic mass is 35.5. The van der Waals surface area contributed by atoms with Crippen molar-refractivity contribution in [2.75, 3.05) is 17.7 Å². The summed E-state index contributed by atoms with van der Waals surface area (Å²) in [5.41, 5.74) is 5.63. The molecule has 1 aliphatic heterocycles. The van der Waals surface area contributed by atoms with E-state index in [0.717, 1.165) is 52.8 Å². The van der Waals surface area contributed by atoms with Gasteiger partial charge in [0.2, 0.25) is 0 Å². The summed E-state index contributed by atoms with van der Waals surface area (Å²) in [5, 5.41) is 4.22. The molecule has 0 spiro atoms. The van der Waals surface area contributed by atoms with Gasteiger partial charge in [0.05, 0.1) is 10.9 Å². The van der Waals surface area contributed by atoms with Crippen molar-refractivity contribution in [1.82, 2.24) is 14.9 Å². The first-order valence-electron chi connectivity index (χ1n) is 12.4. The lowest BCUT2D eigenvalue weighted by Crippen LogP contribution is -2.33. The maximum atomic E-state index is 12.7. The number of nitrogens with zero attached hydrogens (tertiary/aromatic N) is 2. The monoisotopic (exact) mass is 492 g/mol. The standard InChI is InChI=1S/C26H27ClN4O2.C2H6/c1-15(9-10-27)31-14-19-12-20(6-7-21(19)26(31)33)28-13-17-3-4-18-5-8-23-24(22(18)11-17)25(32)30-16(2)29-23;1-2/h3-8,12,15,17,28H,9-11,13-14H2,1-2H3,(H,29,30,32);1-2H3. The summed E-state index contributed by atoms with van der Waals surface area (Å²) in [5.74, 6) is 1.51. The topological polar surface area (TPSA) is 78.1 Å². The van der Waals surface area contributed by atoms with Gasteiger partial charge in [-0.25, -0.2) is 4.98 Å². The summed E-state index contributed by atoms with van der Waals surface area (Å²) < 4.78 is 0. The van der Waals surface area contributed by atoms with Crippen LogP contribution < -0.4 is 10.9 Å². The van der Waals surface area contributed by atoms with E-state index in [2.05, 4.69) is 33.5 Å². The van der Waals surface area contributed by atoms with Gasteiger partial charge in [-0.3, -0.25) is 9.59 Å². The molecule has 184 valence electrons. The van der Waals surface area contributed by atoms with E-state index in [1.54, 1.807) is 6.92 Å². The molecule has 35 heavy (non-hydrogen) atoms. The van der Waals surface area contributed by atoms with Crippen LogP contribution in [0.1, 0.15) is 60.1 Å². The van der Waals surface area contributed by atoms with Crippen molar-refractivity contribution < 1.29 is 4.79 Å². The first-order valence-corrected chi connectivity index (χ1v) is 12.9. The third kappa shape index (κ3) is 4.98. The van der Waals surface area contributed by atoms with E-state index in [0.29, 0.717) is 23.6 Å². The van der Waals surface area contributed by atoms with Gasteiger partial charge in [0.25, 0.3) is 11.5 Å². The molecule has 2 aliphatic rings. The molecule has 2 N–H and O–H groups in total. The molecule has 1 aliphatic carbocycles. The van der Waals surface area contributed by atoms with Gasteiger partial charge in [-0.2, -0.15) is 0 Å². The van der Waals surface area contributed by atoms with Crippen LogP contribution in [0.5, 0.6) is 0 Å². The summed E-state index contributed by atoms with van der Waals surface area (Å²) in [7, 11) is 0. The molecule has 0 saturated heterocycles. The molecule has 1 aromatic heterocycles. The first kappa shape index (κ1) is 25.0. The van der Waals surface area contributed by atoms with Crippen LogP contribution >= 0.6 is 11.6 Å². The minimum atomic E-state index is -0.0763. The second-order valence-corrected chi connectivity index (χ2v) is 9.39. The molecule has 7 heteroatoms. The highest BCUT2D eigenvalue weighted by molar-refractivity contribution is 6.17. The van der Waals surface area contributed by atoms with Crippen LogP contribution in [0.4, 0.5) is 5.69 Å². The maximum absolute atomic E-state index is 12.7. The van der Waals surface area contributed by atoms with E-state index >= 15 is 0 Å². The van der Waals surface area contributed by atoms with Crippen molar-refractivity contribution >= 4 is 40.2 Å². The number of benzene rings is 2. The van der Waals surface area contributed by atoms with Crippen molar-refractivity contribution in [1.29, 1.82) is 0 Å². The molecule has 3 aromatic rings. The summed E-state index contributed by atoms with van der Waals surface area (Å²) in [6.07, 6.45) is 5.86. The molecule has 2 atom stereocenters. The number of rotatable bonds is 6. The summed E-state index contributed by atoms with van der Waals surface area (Å²) in [4.78, 5) is 34.6. The zero-order chi connectivity index (χ0) is 25.1. The molecule has 0 fully saturated rings. The SMILES string of the molecule is CC.Cc1nc2ccc3c(c2c(=O)[nH]1)CC(CNc1ccc2c(c1)CN(C(C)CCCl)C2=O)C=C3. The number of H-pyrrole nitrogens is 1. The van der Waals surface area contributed by atoms with Gasteiger partial charge in [0.15, 0.2) is 0 Å². The van der Waals surface area contributed by atoms with Gasteiger partial charge in [-0.05, 0) is 73.6 Å². The number of hydrogen-bond donors (Lipinski definition) is 2. The number of aromatic amines is 1. The third-order valence-corrected chi connectivity index (χ3v) is 6.93. The number of halogens is 1. The van der Waals surface area contributed by atoms with Crippen molar-refractivity contribution in [3.8, 4) is 0 Å². The molecule has 0 radical (unpaired) electrons. The number of alkyl halides is 1. The van der Waals surface area contributed by atoms with Crippen LogP contribution in [0, 0.1) is 12.8 Å². The van der Waals surface area contributed by atoms with Gasteiger partial charge in [-0.15, -0.1) is 11.6 Å². The number of fused-ring (bicyclic) bond motifs is 4. The zero-order valence-electron chi connectivity index (χ0n) is 20.8. The zero-order valence-corrected chi connectivity index (χ0v) is 21.6. The second kappa shape index (κ2) is 10.6. The van der Waals surface area contributed by atoms with Crippen LogP contribution in [0.15, 0.2) is 41.2 Å². The molecular formula is C28H33ClN4O2. The Morgan fingerprint density at radius 2 is 2.03 bits per heavy atom. The normalized spacial score (nSPS) is 17.0. The fourth-order valence-electron chi connectivity index (χ4n) is 4.89. The Balaban J connectivity index is 0.00000141. The summed E-state index contributed by atoms with van der Waals surface area (Å²) in [6.45, 7) is 9.21. The minimum absolute atomic E-state index is 0.0763. The average Bonchev–Trinajstić information content (AvgIpc) is 3.19. The largest absolute Gasteiger partial charge is 0.384 e. The van der Waals surface area contributed by atoms with Crippen LogP contribution in [-0.4, -0.2) is 39.2 Å². The summed E-state index contributed by atoms with van der Waals surface area (Å²) >= 11 is 5.88. The number of hydrogen-bond acceptors (Lipinski definition) is 4. The van der Waals surface area contributed by atoms with E-state index in [9.17, 15) is 9.59 Å². The fourth-order valence-corrected chi connectivity index (χ4v) is 5.21. The van der Waals surface area contributed by atoms with Crippen LogP contribution in [-0.2, 0) is 13.0 Å². The molecule has 6 nitrogen and oxygen atoms in total. The Hall–Kier alpha value is -3.12. The summed E-state index contributed by atoms with van der Waals surface area (Å²) in [6, 6.07) is 10.1. The van der Waals surface area contributed by atoms with E-state index in [1.165, 1.54) is 0 Å². The quantitative estimate of drug-likeness (QED) is 0.443. The van der Waals surface area contributed by atoms with Crippen LogP contribution in [0.2, 0.25) is 0 Å². The molecule has 2 aromatic carbocycles. The lowest BCUT2D eigenvalue weighted by atomic mass is 9.87. The van der Waals surface area contributed by atoms with Gasteiger partial charge < -0.3 is 15.2 Å². The molecule has 2 unspecified atom stereocenters. The van der Waals surface area contributed by atoms with E-state index < -0.39 is 0 Å². The number of aromatic nitrogens is 2. The number of amides is 1. The van der Waals surface area contributed by atoms with Gasteiger partial charge in [-0.1, -0.05) is 32.1 Å². The second-order valence-electron chi connectivity index (χ2n) is 9.01. The molecule has 0 saturated carbocycles. The van der Waals surface area contributed by atoms with Gasteiger partial charge in [0.1, 0.15) is 5.82 Å². The third-order valence-electron chi connectivity index (χ3n) is 6.72. The predicted molar refractivity (Wildman–Crippen MR) is 144 cm³/mol. The Morgan fingerprint density at radius 1 is 1.23 bits per heavy atom. The average molecular weight is 493 g/mol.